The molecule has 9 heteroatoms. The van der Waals surface area contributed by atoms with Crippen LogP contribution >= 0.6 is 15.9 Å². The van der Waals surface area contributed by atoms with Crippen LogP contribution in [0.2, 0.25) is 0 Å². The highest BCUT2D eigenvalue weighted by atomic mass is 79.9. The third-order valence-corrected chi connectivity index (χ3v) is 5.85. The number of rotatable bonds is 6. The molecule has 0 atom stereocenters. The van der Waals surface area contributed by atoms with Crippen molar-refractivity contribution in [3.8, 4) is 0 Å². The van der Waals surface area contributed by atoms with Gasteiger partial charge < -0.3 is 9.88 Å². The van der Waals surface area contributed by atoms with Crippen LogP contribution < -0.4 is 5.32 Å². The molecule has 1 aromatic heterocycles. The smallest absolute Gasteiger partial charge is 0.261 e. The van der Waals surface area contributed by atoms with Crippen LogP contribution in [0.15, 0.2) is 22.7 Å². The van der Waals surface area contributed by atoms with Gasteiger partial charge in [0, 0.05) is 43.4 Å². The molecule has 1 N–H and O–H groups in total. The van der Waals surface area contributed by atoms with Gasteiger partial charge in [0.15, 0.2) is 0 Å². The number of benzene rings is 1. The van der Waals surface area contributed by atoms with Crippen molar-refractivity contribution in [1.82, 2.24) is 25.0 Å². The molecule has 2 aliphatic heterocycles. The van der Waals surface area contributed by atoms with Crippen LogP contribution in [0, 0.1) is 0 Å². The van der Waals surface area contributed by atoms with E-state index >= 15 is 0 Å². The van der Waals surface area contributed by atoms with E-state index in [1.807, 2.05) is 0 Å². The molecule has 0 spiro atoms. The summed E-state index contributed by atoms with van der Waals surface area (Å²) in [5.74, 6) is 1.02. The summed E-state index contributed by atoms with van der Waals surface area (Å²) in [6.07, 6.45) is 5.11. The normalized spacial score (nSPS) is 15.8. The van der Waals surface area contributed by atoms with Gasteiger partial charge in [0.05, 0.1) is 11.1 Å². The Bertz CT molecular complexity index is 971. The average molecular weight is 460 g/mol. The molecule has 2 aromatic rings. The molecular weight excluding hydrogens is 438 g/mol. The van der Waals surface area contributed by atoms with E-state index in [1.54, 1.807) is 18.2 Å². The summed E-state index contributed by atoms with van der Waals surface area (Å²) in [5.41, 5.74) is 0.753. The lowest BCUT2D eigenvalue weighted by atomic mass is 10.1. The van der Waals surface area contributed by atoms with Crippen molar-refractivity contribution < 1.29 is 14.4 Å². The zero-order chi connectivity index (χ0) is 20.4. The van der Waals surface area contributed by atoms with Gasteiger partial charge in [0.2, 0.25) is 5.91 Å². The average Bonchev–Trinajstić information content (AvgIpc) is 3.07. The second-order valence-electron chi connectivity index (χ2n) is 7.30. The molecule has 0 unspecified atom stereocenters. The van der Waals surface area contributed by atoms with E-state index in [4.69, 9.17) is 0 Å². The van der Waals surface area contributed by atoms with Gasteiger partial charge in [-0.2, -0.15) is 0 Å². The topological polar surface area (TPSA) is 97.2 Å². The molecule has 3 amide bonds. The molecule has 29 heavy (non-hydrogen) atoms. The van der Waals surface area contributed by atoms with E-state index in [2.05, 4.69) is 36.0 Å². The number of carbonyl (C=O) groups excluding carboxylic acids is 3. The number of aryl methyl sites for hydroxylation is 1. The van der Waals surface area contributed by atoms with Crippen molar-refractivity contribution >= 4 is 33.7 Å². The van der Waals surface area contributed by atoms with E-state index in [0.29, 0.717) is 24.1 Å². The maximum atomic E-state index is 12.4. The van der Waals surface area contributed by atoms with Gasteiger partial charge in [-0.3, -0.25) is 19.3 Å². The second-order valence-corrected chi connectivity index (χ2v) is 8.21. The first kappa shape index (κ1) is 19.8. The Balaban J connectivity index is 1.27. The predicted octanol–water partition coefficient (Wildman–Crippen LogP) is 2.11. The molecule has 2 aliphatic rings. The van der Waals surface area contributed by atoms with E-state index < -0.39 is 0 Å². The summed E-state index contributed by atoms with van der Waals surface area (Å²) < 4.78 is 2.90. The molecule has 3 heterocycles. The molecule has 0 fully saturated rings. The van der Waals surface area contributed by atoms with E-state index in [9.17, 15) is 14.4 Å². The zero-order valence-corrected chi connectivity index (χ0v) is 17.6. The minimum atomic E-state index is -0.356. The summed E-state index contributed by atoms with van der Waals surface area (Å²) in [6.45, 7) is 1.45. The van der Waals surface area contributed by atoms with Gasteiger partial charge >= 0.3 is 0 Å². The second kappa shape index (κ2) is 8.44. The van der Waals surface area contributed by atoms with E-state index in [-0.39, 0.29) is 30.7 Å². The number of nitrogens with zero attached hydrogens (tertiary/aromatic N) is 4. The molecule has 152 valence electrons. The number of hydrogen-bond donors (Lipinski definition) is 1. The first-order chi connectivity index (χ1) is 14.0. The van der Waals surface area contributed by atoms with E-state index in [1.165, 1.54) is 6.42 Å². The highest BCUT2D eigenvalue weighted by Gasteiger charge is 2.35. The fraction of sp³-hybridized carbons (Fsp3) is 0.450. The largest absolute Gasteiger partial charge is 0.356 e. The van der Waals surface area contributed by atoms with Gasteiger partial charge in [-0.05, 0) is 31.0 Å². The first-order valence-electron chi connectivity index (χ1n) is 9.88. The van der Waals surface area contributed by atoms with Crippen molar-refractivity contribution in [2.24, 2.45) is 0 Å². The van der Waals surface area contributed by atoms with Gasteiger partial charge in [-0.15, -0.1) is 10.2 Å². The number of imide groups is 1. The Hall–Kier alpha value is -2.55. The highest BCUT2D eigenvalue weighted by Crippen LogP contribution is 2.26. The Morgan fingerprint density at radius 2 is 1.93 bits per heavy atom. The van der Waals surface area contributed by atoms with Gasteiger partial charge in [0.1, 0.15) is 11.6 Å². The molecule has 0 bridgehead atoms. The van der Waals surface area contributed by atoms with Crippen LogP contribution in [0.3, 0.4) is 0 Å². The summed E-state index contributed by atoms with van der Waals surface area (Å²) in [6, 6.07) is 4.99. The molecule has 8 nitrogen and oxygen atoms in total. The number of hydrogen-bond acceptors (Lipinski definition) is 5. The van der Waals surface area contributed by atoms with Gasteiger partial charge in [0.25, 0.3) is 11.8 Å². The van der Waals surface area contributed by atoms with Crippen LogP contribution in [0.5, 0.6) is 0 Å². The third kappa shape index (κ3) is 4.10. The molecular formula is C20H22BrN5O3. The number of nitrogens with one attached hydrogen (secondary N) is 1. The first-order valence-corrected chi connectivity index (χ1v) is 10.7. The predicted molar refractivity (Wildman–Crippen MR) is 108 cm³/mol. The Labute approximate surface area is 176 Å². The number of aromatic nitrogens is 3. The minimum Gasteiger partial charge on any atom is -0.356 e. The molecule has 0 saturated heterocycles. The quantitative estimate of drug-likeness (QED) is 0.667. The maximum absolute atomic E-state index is 12.4. The number of halogens is 1. The zero-order valence-electron chi connectivity index (χ0n) is 16.0. The lowest BCUT2D eigenvalue weighted by molar-refractivity contribution is -0.121. The van der Waals surface area contributed by atoms with Crippen molar-refractivity contribution in [3.05, 3.63) is 45.4 Å². The van der Waals surface area contributed by atoms with Gasteiger partial charge in [-0.1, -0.05) is 22.4 Å². The van der Waals surface area contributed by atoms with Crippen LogP contribution in [-0.4, -0.2) is 50.5 Å². The Kier molecular flexibility index (Phi) is 5.75. The van der Waals surface area contributed by atoms with Crippen molar-refractivity contribution in [2.75, 3.05) is 13.1 Å². The van der Waals surface area contributed by atoms with Crippen LogP contribution in [-0.2, 0) is 24.2 Å². The Morgan fingerprint density at radius 3 is 2.79 bits per heavy atom. The summed E-state index contributed by atoms with van der Waals surface area (Å²) >= 11 is 3.31. The lowest BCUT2D eigenvalue weighted by Gasteiger charge is -2.13. The third-order valence-electron chi connectivity index (χ3n) is 5.35. The summed E-state index contributed by atoms with van der Waals surface area (Å²) in [5, 5.41) is 11.4. The SMILES string of the molecule is O=C(CCN1C(=O)c2ccc(Br)cc2C1=O)NCCc1nnc2n1CCCCC2. The molecule has 0 aliphatic carbocycles. The summed E-state index contributed by atoms with van der Waals surface area (Å²) in [4.78, 5) is 38.2. The van der Waals surface area contributed by atoms with Crippen molar-refractivity contribution in [3.63, 3.8) is 0 Å². The molecule has 0 radical (unpaired) electrons. The fourth-order valence-electron chi connectivity index (χ4n) is 3.81. The summed E-state index contributed by atoms with van der Waals surface area (Å²) in [7, 11) is 0. The highest BCUT2D eigenvalue weighted by molar-refractivity contribution is 9.10. The van der Waals surface area contributed by atoms with Gasteiger partial charge in [-0.25, -0.2) is 0 Å². The van der Waals surface area contributed by atoms with Crippen LogP contribution in [0.4, 0.5) is 0 Å². The van der Waals surface area contributed by atoms with E-state index in [0.717, 1.165) is 46.8 Å². The molecule has 0 saturated carbocycles. The number of fused-ring (bicyclic) bond motifs is 2. The number of amides is 3. The molecule has 4 rings (SSSR count). The fourth-order valence-corrected chi connectivity index (χ4v) is 4.17. The van der Waals surface area contributed by atoms with Crippen LogP contribution in [0.1, 0.15) is 58.0 Å². The van der Waals surface area contributed by atoms with Crippen molar-refractivity contribution in [2.45, 2.75) is 45.1 Å². The maximum Gasteiger partial charge on any atom is 0.261 e. The monoisotopic (exact) mass is 459 g/mol. The Morgan fingerprint density at radius 1 is 1.10 bits per heavy atom. The van der Waals surface area contributed by atoms with Crippen LogP contribution in [0.25, 0.3) is 0 Å². The van der Waals surface area contributed by atoms with Crippen molar-refractivity contribution in [1.29, 1.82) is 0 Å². The number of carbonyl (C=O) groups is 3. The standard InChI is InChI=1S/C20H22BrN5O3/c21-13-5-6-14-15(12-13)20(29)26(19(14)28)11-8-18(27)22-9-7-17-24-23-16-4-2-1-3-10-25(16)17/h5-6,12H,1-4,7-11H2,(H,22,27). The minimum absolute atomic E-state index is 0.0656. The molecule has 1 aromatic carbocycles. The lowest BCUT2D eigenvalue weighted by Crippen LogP contribution is -2.35.